The molecule has 1 aromatic carbocycles. The molecule has 7 atom stereocenters. The number of carbonyl (C=O) groups is 2. The minimum absolute atomic E-state index is 0.0142. The quantitative estimate of drug-likeness (QED) is 0.300. The molecule has 0 aromatic heterocycles. The number of epoxide rings is 1. The maximum absolute atomic E-state index is 13.8. The minimum Gasteiger partial charge on any atom is -0.467 e. The molecule has 7 nitrogen and oxygen atoms in total. The fraction of sp³-hybridized carbons (Fsp3) is 0.724. The average molecular weight is 531 g/mol. The van der Waals surface area contributed by atoms with Crippen molar-refractivity contribution in [2.24, 2.45) is 17.8 Å². The summed E-state index contributed by atoms with van der Waals surface area (Å²) in [5.74, 6) is -1.21. The molecule has 5 rings (SSSR count). The monoisotopic (exact) mass is 530 g/mol. The SMILES string of the molecule is COCOc1cccc2c1C1(O)C(=O)C[C@@H]3C(=O)[C@@]4(C)O[C@H]4[C@H](O[Si](C(C)C)(C(C)C)C(C)C)[C@H]3[C@@H]1C2. The summed E-state index contributed by atoms with van der Waals surface area (Å²) in [6.07, 6.45) is -0.234. The Morgan fingerprint density at radius 3 is 2.32 bits per heavy atom. The summed E-state index contributed by atoms with van der Waals surface area (Å²) in [5.41, 5.74) is -0.177. The number of benzene rings is 1. The van der Waals surface area contributed by atoms with Crippen molar-refractivity contribution in [1.29, 1.82) is 0 Å². The van der Waals surface area contributed by atoms with Gasteiger partial charge in [0.05, 0.1) is 6.10 Å². The Hall–Kier alpha value is -1.58. The summed E-state index contributed by atoms with van der Waals surface area (Å²) >= 11 is 0. The van der Waals surface area contributed by atoms with Crippen molar-refractivity contribution in [2.75, 3.05) is 13.9 Å². The highest BCUT2D eigenvalue weighted by Gasteiger charge is 2.75. The van der Waals surface area contributed by atoms with Gasteiger partial charge in [0.15, 0.2) is 29.6 Å². The maximum atomic E-state index is 13.8. The van der Waals surface area contributed by atoms with E-state index in [-0.39, 0.29) is 42.9 Å². The van der Waals surface area contributed by atoms with E-state index in [1.807, 2.05) is 19.1 Å². The number of ether oxygens (including phenoxy) is 3. The van der Waals surface area contributed by atoms with Gasteiger partial charge in [0.2, 0.25) is 8.32 Å². The molecule has 37 heavy (non-hydrogen) atoms. The largest absolute Gasteiger partial charge is 0.467 e. The van der Waals surface area contributed by atoms with Gasteiger partial charge in [0, 0.05) is 36.8 Å². The van der Waals surface area contributed by atoms with Crippen molar-refractivity contribution in [2.45, 2.75) is 101 Å². The van der Waals surface area contributed by atoms with Gasteiger partial charge < -0.3 is 23.7 Å². The molecule has 1 aliphatic heterocycles. The van der Waals surface area contributed by atoms with Gasteiger partial charge in [0.25, 0.3) is 0 Å². The standard InChI is InChI=1S/C29H42O7Si/c1-15(2)37(16(3)4,17(5)6)36-25-23-19(26(31)28(7)27(25)35-28)13-22(30)29(32)20(23)12-18-10-9-11-21(24(18)29)34-14-33-8/h9-11,15-17,19-20,23,25,27,32H,12-14H2,1-8H3/t19-,20-,23+,25+,27-,28+,29?/m0/s1. The number of ketones is 2. The number of carbonyl (C=O) groups excluding carboxylic acids is 2. The first-order valence-electron chi connectivity index (χ1n) is 13.7. The van der Waals surface area contributed by atoms with Gasteiger partial charge in [0.1, 0.15) is 11.9 Å². The summed E-state index contributed by atoms with van der Waals surface area (Å²) in [6.45, 7) is 15.3. The van der Waals surface area contributed by atoms with Crippen LogP contribution in [0.25, 0.3) is 0 Å². The zero-order chi connectivity index (χ0) is 27.1. The van der Waals surface area contributed by atoms with Crippen LogP contribution in [-0.4, -0.2) is 56.7 Å². The highest BCUT2D eigenvalue weighted by Crippen LogP contribution is 2.63. The van der Waals surface area contributed by atoms with E-state index in [1.165, 1.54) is 7.11 Å². The van der Waals surface area contributed by atoms with Crippen LogP contribution >= 0.6 is 0 Å². The van der Waals surface area contributed by atoms with Crippen LogP contribution < -0.4 is 4.74 Å². The van der Waals surface area contributed by atoms with Crippen LogP contribution in [0.1, 0.15) is 66.0 Å². The molecule has 3 aliphatic carbocycles. The normalized spacial score (nSPS) is 36.5. The molecular formula is C29H42O7Si. The van der Waals surface area contributed by atoms with E-state index in [4.69, 9.17) is 18.6 Å². The second-order valence-electron chi connectivity index (χ2n) is 12.6. The first-order valence-corrected chi connectivity index (χ1v) is 15.9. The lowest BCUT2D eigenvalue weighted by Gasteiger charge is -2.52. The van der Waals surface area contributed by atoms with E-state index in [0.29, 0.717) is 34.4 Å². The van der Waals surface area contributed by atoms with Gasteiger partial charge in [-0.15, -0.1) is 0 Å². The smallest absolute Gasteiger partial charge is 0.200 e. The van der Waals surface area contributed by atoms with Gasteiger partial charge >= 0.3 is 0 Å². The molecule has 0 amide bonds. The molecule has 0 spiro atoms. The molecule has 3 fully saturated rings. The third-order valence-electron chi connectivity index (χ3n) is 9.97. The highest BCUT2D eigenvalue weighted by atomic mass is 28.4. The van der Waals surface area contributed by atoms with E-state index in [2.05, 4.69) is 41.5 Å². The van der Waals surface area contributed by atoms with E-state index < -0.39 is 31.4 Å². The first-order chi connectivity index (χ1) is 17.3. The Balaban J connectivity index is 1.62. The van der Waals surface area contributed by atoms with Crippen LogP contribution in [0.3, 0.4) is 0 Å². The fourth-order valence-corrected chi connectivity index (χ4v) is 14.0. The number of methoxy groups -OCH3 is 1. The molecule has 0 radical (unpaired) electrons. The lowest BCUT2D eigenvalue weighted by molar-refractivity contribution is -0.170. The Labute approximate surface area is 221 Å². The lowest BCUT2D eigenvalue weighted by Crippen LogP contribution is -2.64. The van der Waals surface area contributed by atoms with Crippen LogP contribution in [0.5, 0.6) is 5.75 Å². The van der Waals surface area contributed by atoms with Gasteiger partial charge in [-0.25, -0.2) is 0 Å². The van der Waals surface area contributed by atoms with Crippen molar-refractivity contribution in [3.63, 3.8) is 0 Å². The number of Topliss-reactive ketones (excluding diaryl/α,β-unsaturated/α-hetero) is 2. The van der Waals surface area contributed by atoms with Crippen molar-refractivity contribution in [3.8, 4) is 5.75 Å². The highest BCUT2D eigenvalue weighted by molar-refractivity contribution is 6.77. The second-order valence-corrected chi connectivity index (χ2v) is 18.0. The van der Waals surface area contributed by atoms with Crippen LogP contribution in [0.4, 0.5) is 0 Å². The summed E-state index contributed by atoms with van der Waals surface area (Å²) in [5, 5.41) is 12.3. The molecule has 1 saturated heterocycles. The molecule has 1 N–H and O–H groups in total. The first kappa shape index (κ1) is 27.0. The number of aliphatic hydroxyl groups is 1. The Bertz CT molecular complexity index is 1080. The Kier molecular flexibility index (Phi) is 6.55. The predicted octanol–water partition coefficient (Wildman–Crippen LogP) is 4.54. The van der Waals surface area contributed by atoms with Crippen LogP contribution in [-0.2, 0) is 35.5 Å². The van der Waals surface area contributed by atoms with Crippen molar-refractivity contribution >= 4 is 19.9 Å². The zero-order valence-electron chi connectivity index (χ0n) is 23.4. The van der Waals surface area contributed by atoms with Gasteiger partial charge in [-0.2, -0.15) is 0 Å². The molecule has 2 saturated carbocycles. The molecule has 1 heterocycles. The summed E-state index contributed by atoms with van der Waals surface area (Å²) in [6, 6.07) is 5.59. The summed E-state index contributed by atoms with van der Waals surface area (Å²) in [7, 11) is -0.819. The van der Waals surface area contributed by atoms with Gasteiger partial charge in [-0.05, 0) is 41.6 Å². The average Bonchev–Trinajstić information content (AvgIpc) is 3.43. The molecule has 204 valence electrons. The van der Waals surface area contributed by atoms with Crippen LogP contribution in [0.2, 0.25) is 16.6 Å². The maximum Gasteiger partial charge on any atom is 0.200 e. The predicted molar refractivity (Wildman–Crippen MR) is 141 cm³/mol. The second kappa shape index (κ2) is 8.98. The van der Waals surface area contributed by atoms with Crippen LogP contribution in [0.15, 0.2) is 18.2 Å². The summed E-state index contributed by atoms with van der Waals surface area (Å²) < 4.78 is 24.4. The van der Waals surface area contributed by atoms with Crippen LogP contribution in [0, 0.1) is 17.8 Å². The Morgan fingerprint density at radius 1 is 1.08 bits per heavy atom. The van der Waals surface area contributed by atoms with Crippen molar-refractivity contribution in [3.05, 3.63) is 29.3 Å². The van der Waals surface area contributed by atoms with E-state index >= 15 is 0 Å². The molecule has 1 unspecified atom stereocenters. The topological polar surface area (TPSA) is 94.6 Å². The molecule has 0 bridgehead atoms. The van der Waals surface area contributed by atoms with Crippen molar-refractivity contribution in [1.82, 2.24) is 0 Å². The number of fused-ring (bicyclic) bond motifs is 6. The van der Waals surface area contributed by atoms with Gasteiger partial charge in [-0.3, -0.25) is 9.59 Å². The lowest BCUT2D eigenvalue weighted by atomic mass is 9.56. The van der Waals surface area contributed by atoms with E-state index in [9.17, 15) is 14.7 Å². The number of hydrogen-bond acceptors (Lipinski definition) is 7. The van der Waals surface area contributed by atoms with E-state index in [1.54, 1.807) is 6.07 Å². The van der Waals surface area contributed by atoms with E-state index in [0.717, 1.165) is 5.56 Å². The van der Waals surface area contributed by atoms with Gasteiger partial charge in [-0.1, -0.05) is 53.7 Å². The Morgan fingerprint density at radius 2 is 1.73 bits per heavy atom. The summed E-state index contributed by atoms with van der Waals surface area (Å²) in [4.78, 5) is 27.5. The third-order valence-corrected chi connectivity index (χ3v) is 16.1. The fourth-order valence-electron chi connectivity index (χ4n) is 8.41. The molecule has 4 aliphatic rings. The molecule has 1 aromatic rings. The zero-order valence-corrected chi connectivity index (χ0v) is 24.4. The number of rotatable bonds is 8. The minimum atomic E-state index is -2.35. The third kappa shape index (κ3) is 3.59. The van der Waals surface area contributed by atoms with Crippen molar-refractivity contribution < 1.29 is 33.3 Å². The molecule has 8 heteroatoms. The number of hydrogen-bond donors (Lipinski definition) is 1. The molecular weight excluding hydrogens is 488 g/mol.